The van der Waals surface area contributed by atoms with E-state index in [1.807, 2.05) is 24.3 Å². The smallest absolute Gasteiger partial charge is 0.199 e. The molecule has 1 aromatic heterocycles. The third-order valence-corrected chi connectivity index (χ3v) is 4.59. The van der Waals surface area contributed by atoms with E-state index in [-0.39, 0.29) is 5.11 Å². The highest BCUT2D eigenvalue weighted by atomic mass is 32.1. The van der Waals surface area contributed by atoms with Gasteiger partial charge in [0.15, 0.2) is 32.9 Å². The number of anilines is 1. The molecule has 0 bridgehead atoms. The standard InChI is InChI=1S/C12H13N3O2S.C11H12N2O2.CH4N2S/c1-16-9-4-3-7(5-10(9)17-2)8-6-11(13)15-12(18)14-8;1-14-10-4-3-8(7-11(10)15-2)9(13)5-6-12;2-1(3)4/h3-6H,1-2H3,(H3,13,14,15,18);3-5,7H,13H2,1-2H3;(H4,2,3,4)/b;9-5-;. The number of hydrogen-bond donors (Lipinski definition) is 5. The van der Waals surface area contributed by atoms with Crippen LogP contribution in [0.4, 0.5) is 5.82 Å². The molecule has 37 heavy (non-hydrogen) atoms. The highest BCUT2D eigenvalue weighted by Gasteiger charge is 2.07. The number of allylic oxidation sites excluding steroid dienone is 1. The quantitative estimate of drug-likeness (QED) is 0.225. The first-order chi connectivity index (χ1) is 17.6. The van der Waals surface area contributed by atoms with Crippen LogP contribution in [0.25, 0.3) is 17.0 Å². The first-order valence-electron chi connectivity index (χ1n) is 10.3. The summed E-state index contributed by atoms with van der Waals surface area (Å²) in [7, 11) is 6.29. The largest absolute Gasteiger partial charge is 0.493 e. The molecule has 0 aliphatic heterocycles. The summed E-state index contributed by atoms with van der Waals surface area (Å²) in [5, 5.41) is 8.46. The molecule has 0 amide bonds. The van der Waals surface area contributed by atoms with E-state index < -0.39 is 0 Å². The Balaban J connectivity index is 0.000000328. The minimum absolute atomic E-state index is 0.000000000000000222. The van der Waals surface area contributed by atoms with E-state index in [4.69, 9.17) is 47.9 Å². The topological polar surface area (TPSA) is 193 Å². The first kappa shape index (κ1) is 30.5. The van der Waals surface area contributed by atoms with Crippen molar-refractivity contribution in [1.29, 1.82) is 5.26 Å². The second-order valence-corrected chi connectivity index (χ2v) is 7.65. The first-order valence-corrected chi connectivity index (χ1v) is 11.1. The summed E-state index contributed by atoms with van der Waals surface area (Å²) in [5.41, 5.74) is 23.4. The monoisotopic (exact) mass is 543 g/mol. The van der Waals surface area contributed by atoms with Gasteiger partial charge >= 0.3 is 0 Å². The molecule has 2 aromatic carbocycles. The molecule has 3 rings (SSSR count). The lowest BCUT2D eigenvalue weighted by molar-refractivity contribution is 0.355. The predicted octanol–water partition coefficient (Wildman–Crippen LogP) is 3.12. The molecule has 0 aliphatic carbocycles. The van der Waals surface area contributed by atoms with Crippen LogP contribution in [-0.2, 0) is 0 Å². The molecule has 0 unspecified atom stereocenters. The van der Waals surface area contributed by atoms with E-state index in [0.29, 0.717) is 39.3 Å². The number of H-pyrrole nitrogens is 1. The SMILES string of the molecule is COc1ccc(-c2cc(N)nc(=S)[nH]2)cc1OC.COc1ccc(/C(N)=C/C#N)cc1OC.NC(N)=S. The summed E-state index contributed by atoms with van der Waals surface area (Å²) < 4.78 is 21.0. The van der Waals surface area contributed by atoms with Gasteiger partial charge in [-0.1, -0.05) is 0 Å². The molecular formula is C24H29N7O4S2. The Morgan fingerprint density at radius 1 is 0.892 bits per heavy atom. The minimum atomic E-state index is 0.000000000000000222. The van der Waals surface area contributed by atoms with Crippen molar-refractivity contribution < 1.29 is 18.9 Å². The van der Waals surface area contributed by atoms with Crippen molar-refractivity contribution in [2.24, 2.45) is 17.2 Å². The van der Waals surface area contributed by atoms with Gasteiger partial charge in [-0.3, -0.25) is 0 Å². The Morgan fingerprint density at radius 2 is 1.41 bits per heavy atom. The molecule has 11 nitrogen and oxygen atoms in total. The number of nitrogens with zero attached hydrogens (tertiary/aromatic N) is 2. The third-order valence-electron chi connectivity index (χ3n) is 4.40. The van der Waals surface area contributed by atoms with Crippen LogP contribution in [-0.4, -0.2) is 43.5 Å². The molecule has 196 valence electrons. The van der Waals surface area contributed by atoms with Gasteiger partial charge in [0, 0.05) is 29.0 Å². The number of benzene rings is 2. The second-order valence-electron chi connectivity index (χ2n) is 6.80. The molecular weight excluding hydrogens is 514 g/mol. The zero-order valence-corrected chi connectivity index (χ0v) is 22.4. The number of ether oxygens (including phenoxy) is 4. The Kier molecular flexibility index (Phi) is 12.7. The molecule has 0 fully saturated rings. The van der Waals surface area contributed by atoms with Gasteiger partial charge in [-0.2, -0.15) is 5.26 Å². The highest BCUT2D eigenvalue weighted by Crippen LogP contribution is 2.32. The molecule has 9 N–H and O–H groups in total. The normalized spacial score (nSPS) is 9.86. The van der Waals surface area contributed by atoms with E-state index in [1.54, 1.807) is 52.7 Å². The Morgan fingerprint density at radius 3 is 1.89 bits per heavy atom. The van der Waals surface area contributed by atoms with Crippen LogP contribution in [0.3, 0.4) is 0 Å². The van der Waals surface area contributed by atoms with Gasteiger partial charge in [-0.25, -0.2) is 4.98 Å². The van der Waals surface area contributed by atoms with E-state index in [0.717, 1.165) is 16.8 Å². The fraction of sp³-hybridized carbons (Fsp3) is 0.167. The molecule has 0 saturated carbocycles. The summed E-state index contributed by atoms with van der Waals surface area (Å²) >= 11 is 9.09. The van der Waals surface area contributed by atoms with Crippen molar-refractivity contribution >= 4 is 41.1 Å². The molecule has 13 heteroatoms. The number of rotatable bonds is 6. The van der Waals surface area contributed by atoms with Crippen LogP contribution in [0.1, 0.15) is 5.56 Å². The number of nitriles is 1. The minimum Gasteiger partial charge on any atom is -0.493 e. The lowest BCUT2D eigenvalue weighted by Gasteiger charge is -2.09. The van der Waals surface area contributed by atoms with Crippen LogP contribution < -0.4 is 41.9 Å². The summed E-state index contributed by atoms with van der Waals surface area (Å²) in [6, 6.07) is 14.4. The van der Waals surface area contributed by atoms with E-state index in [1.165, 1.54) is 6.08 Å². The number of nitrogens with one attached hydrogen (secondary N) is 1. The van der Waals surface area contributed by atoms with Crippen molar-refractivity contribution in [3.05, 3.63) is 58.9 Å². The van der Waals surface area contributed by atoms with Crippen molar-refractivity contribution in [2.45, 2.75) is 0 Å². The summed E-state index contributed by atoms with van der Waals surface area (Å²) in [4.78, 5) is 6.90. The third kappa shape index (κ3) is 9.92. The maximum absolute atomic E-state index is 8.46. The number of hydrogen-bond acceptors (Lipinski definition) is 10. The average molecular weight is 544 g/mol. The number of aromatic nitrogens is 2. The molecule has 0 radical (unpaired) electrons. The van der Waals surface area contributed by atoms with Gasteiger partial charge in [-0.05, 0) is 60.8 Å². The summed E-state index contributed by atoms with van der Waals surface area (Å²) in [6.07, 6.45) is 1.28. The zero-order chi connectivity index (χ0) is 28.0. The van der Waals surface area contributed by atoms with Crippen molar-refractivity contribution in [2.75, 3.05) is 34.2 Å². The molecule has 3 aromatic rings. The van der Waals surface area contributed by atoms with Crippen molar-refractivity contribution in [1.82, 2.24) is 9.97 Å². The molecule has 0 atom stereocenters. The predicted molar refractivity (Wildman–Crippen MR) is 151 cm³/mol. The summed E-state index contributed by atoms with van der Waals surface area (Å²) in [5.74, 6) is 2.91. The van der Waals surface area contributed by atoms with E-state index in [9.17, 15) is 0 Å². The van der Waals surface area contributed by atoms with E-state index in [2.05, 4.69) is 33.7 Å². The Labute approximate surface area is 225 Å². The Hall–Kier alpha value is -4.54. The van der Waals surface area contributed by atoms with Crippen LogP contribution in [0.2, 0.25) is 0 Å². The molecule has 0 aliphatic rings. The lowest BCUT2D eigenvalue weighted by Crippen LogP contribution is -2.18. The number of methoxy groups -OCH3 is 4. The number of nitrogen functional groups attached to an aromatic ring is 1. The average Bonchev–Trinajstić information content (AvgIpc) is 2.87. The van der Waals surface area contributed by atoms with Crippen molar-refractivity contribution in [3.8, 4) is 40.3 Å². The maximum atomic E-state index is 8.46. The molecule has 0 saturated heterocycles. The van der Waals surface area contributed by atoms with Gasteiger partial charge in [0.2, 0.25) is 0 Å². The fourth-order valence-corrected chi connectivity index (χ4v) is 3.02. The maximum Gasteiger partial charge on any atom is 0.199 e. The summed E-state index contributed by atoms with van der Waals surface area (Å²) in [6.45, 7) is 0. The van der Waals surface area contributed by atoms with Gasteiger partial charge in [0.05, 0.1) is 40.2 Å². The van der Waals surface area contributed by atoms with Gasteiger partial charge in [0.25, 0.3) is 0 Å². The lowest BCUT2D eigenvalue weighted by atomic mass is 10.1. The Bertz CT molecular complexity index is 1330. The molecule has 1 heterocycles. The number of nitrogens with two attached hydrogens (primary N) is 4. The van der Waals surface area contributed by atoms with Crippen LogP contribution >= 0.6 is 24.4 Å². The van der Waals surface area contributed by atoms with Gasteiger partial charge in [0.1, 0.15) is 5.82 Å². The van der Waals surface area contributed by atoms with Crippen LogP contribution in [0, 0.1) is 16.1 Å². The van der Waals surface area contributed by atoms with E-state index >= 15 is 0 Å². The number of thiocarbonyl (C=S) groups is 1. The van der Waals surface area contributed by atoms with Crippen LogP contribution in [0.15, 0.2) is 48.5 Å². The van der Waals surface area contributed by atoms with Gasteiger partial charge in [-0.15, -0.1) is 0 Å². The fourth-order valence-electron chi connectivity index (χ4n) is 2.80. The van der Waals surface area contributed by atoms with Crippen molar-refractivity contribution in [3.63, 3.8) is 0 Å². The second kappa shape index (κ2) is 15.5. The molecule has 0 spiro atoms. The highest BCUT2D eigenvalue weighted by molar-refractivity contribution is 7.80. The number of aromatic amines is 1. The van der Waals surface area contributed by atoms with Crippen LogP contribution in [0.5, 0.6) is 23.0 Å². The zero-order valence-electron chi connectivity index (χ0n) is 20.8. The van der Waals surface area contributed by atoms with Gasteiger partial charge < -0.3 is 46.9 Å².